The van der Waals surface area contributed by atoms with Crippen LogP contribution in [-0.4, -0.2) is 20.5 Å². The largest absolute Gasteiger partial charge is 0.299 e. The van der Waals surface area contributed by atoms with Gasteiger partial charge in [0.15, 0.2) is 0 Å². The summed E-state index contributed by atoms with van der Waals surface area (Å²) in [5, 5.41) is 4.14. The van der Waals surface area contributed by atoms with Crippen LogP contribution >= 0.6 is 0 Å². The molecule has 1 atom stereocenters. The normalized spacial score (nSPS) is 22.4. The molecule has 1 aromatic heterocycles. The van der Waals surface area contributed by atoms with Gasteiger partial charge in [0.25, 0.3) is 0 Å². The molecule has 0 bridgehead atoms. The van der Waals surface area contributed by atoms with E-state index in [4.69, 9.17) is 0 Å². The van der Waals surface area contributed by atoms with Crippen molar-refractivity contribution in [1.82, 2.24) is 14.8 Å². The minimum atomic E-state index is 0.208. The predicted octanol–water partition coefficient (Wildman–Crippen LogP) is 2.02. The quantitative estimate of drug-likeness (QED) is 0.781. The van der Waals surface area contributed by atoms with Gasteiger partial charge in [-0.3, -0.25) is 4.79 Å². The highest BCUT2D eigenvalue weighted by atomic mass is 16.1. The summed E-state index contributed by atoms with van der Waals surface area (Å²) in [6.07, 6.45) is 2.97. The number of aromatic nitrogens is 3. The van der Waals surface area contributed by atoms with Crippen LogP contribution in [0.4, 0.5) is 0 Å². The fraction of sp³-hybridized carbons (Fsp3) is 0.750. The molecule has 0 aromatic carbocycles. The first-order valence-electron chi connectivity index (χ1n) is 5.83. The number of carbonyl (C=O) groups is 1. The summed E-state index contributed by atoms with van der Waals surface area (Å²) in [7, 11) is 0. The molecule has 1 aliphatic rings. The maximum atomic E-state index is 12.0. The van der Waals surface area contributed by atoms with Crippen LogP contribution < -0.4 is 0 Å². The summed E-state index contributed by atoms with van der Waals surface area (Å²) >= 11 is 0. The van der Waals surface area contributed by atoms with Crippen molar-refractivity contribution in [2.24, 2.45) is 11.3 Å². The Labute approximate surface area is 96.1 Å². The molecule has 1 aliphatic carbocycles. The molecule has 0 amide bonds. The van der Waals surface area contributed by atoms with Crippen LogP contribution in [0.15, 0.2) is 6.33 Å². The second kappa shape index (κ2) is 3.68. The molecule has 0 aliphatic heterocycles. The number of Topliss-reactive ketones (excluding diaryl/α,β-unsaturated/α-hetero) is 1. The topological polar surface area (TPSA) is 47.8 Å². The second-order valence-electron chi connectivity index (χ2n) is 5.60. The Balaban J connectivity index is 2.04. The Morgan fingerprint density at radius 2 is 2.25 bits per heavy atom. The van der Waals surface area contributed by atoms with Gasteiger partial charge in [-0.1, -0.05) is 13.8 Å². The first kappa shape index (κ1) is 11.3. The molecular formula is C12H19N3O. The summed E-state index contributed by atoms with van der Waals surface area (Å²) in [4.78, 5) is 16.1. The smallest absolute Gasteiger partial charge is 0.144 e. The maximum Gasteiger partial charge on any atom is 0.144 e. The summed E-state index contributed by atoms with van der Waals surface area (Å²) in [6.45, 7) is 8.37. The Morgan fingerprint density at radius 1 is 1.62 bits per heavy atom. The van der Waals surface area contributed by atoms with Gasteiger partial charge in [0.05, 0.1) is 6.42 Å². The minimum absolute atomic E-state index is 0.208. The monoisotopic (exact) mass is 221 g/mol. The van der Waals surface area contributed by atoms with Crippen LogP contribution in [0, 0.1) is 11.3 Å². The van der Waals surface area contributed by atoms with Gasteiger partial charge in [-0.25, -0.2) is 9.67 Å². The molecule has 0 N–H and O–H groups in total. The third-order valence-corrected chi connectivity index (χ3v) is 3.37. The molecule has 16 heavy (non-hydrogen) atoms. The Kier molecular flexibility index (Phi) is 2.60. The van der Waals surface area contributed by atoms with E-state index in [2.05, 4.69) is 23.9 Å². The van der Waals surface area contributed by atoms with E-state index in [0.29, 0.717) is 12.2 Å². The van der Waals surface area contributed by atoms with Gasteiger partial charge in [0.2, 0.25) is 0 Å². The van der Waals surface area contributed by atoms with Crippen molar-refractivity contribution < 1.29 is 4.79 Å². The summed E-state index contributed by atoms with van der Waals surface area (Å²) in [5.74, 6) is 1.33. The van der Waals surface area contributed by atoms with Crippen LogP contribution in [0.5, 0.6) is 0 Å². The van der Waals surface area contributed by atoms with Crippen molar-refractivity contribution >= 4 is 5.78 Å². The fourth-order valence-electron chi connectivity index (χ4n) is 2.13. The zero-order chi connectivity index (χ0) is 11.9. The van der Waals surface area contributed by atoms with E-state index in [0.717, 1.165) is 12.2 Å². The van der Waals surface area contributed by atoms with Gasteiger partial charge in [-0.15, -0.1) is 0 Å². The SMILES string of the molecule is CC(C)n1ncnc1CC(=O)C1CC1(C)C. The lowest BCUT2D eigenvalue weighted by molar-refractivity contribution is -0.120. The Morgan fingerprint density at radius 3 is 2.75 bits per heavy atom. The molecule has 4 nitrogen and oxygen atoms in total. The summed E-state index contributed by atoms with van der Waals surface area (Å²) < 4.78 is 1.83. The van der Waals surface area contributed by atoms with E-state index in [1.54, 1.807) is 0 Å². The first-order chi connectivity index (χ1) is 7.42. The average molecular weight is 221 g/mol. The lowest BCUT2D eigenvalue weighted by atomic mass is 10.1. The van der Waals surface area contributed by atoms with Gasteiger partial charge in [0, 0.05) is 12.0 Å². The third kappa shape index (κ3) is 2.01. The van der Waals surface area contributed by atoms with E-state index in [-0.39, 0.29) is 17.4 Å². The van der Waals surface area contributed by atoms with Crippen molar-refractivity contribution in [2.45, 2.75) is 46.6 Å². The highest BCUT2D eigenvalue weighted by Crippen LogP contribution is 2.52. The molecule has 1 aromatic rings. The second-order valence-corrected chi connectivity index (χ2v) is 5.60. The number of carbonyl (C=O) groups excluding carboxylic acids is 1. The zero-order valence-corrected chi connectivity index (χ0v) is 10.4. The number of hydrogen-bond donors (Lipinski definition) is 0. The van der Waals surface area contributed by atoms with Crippen molar-refractivity contribution in [3.63, 3.8) is 0 Å². The molecule has 1 fully saturated rings. The number of nitrogens with zero attached hydrogens (tertiary/aromatic N) is 3. The van der Waals surface area contributed by atoms with Gasteiger partial charge >= 0.3 is 0 Å². The molecule has 1 saturated carbocycles. The molecule has 4 heteroatoms. The lowest BCUT2D eigenvalue weighted by Crippen LogP contribution is -2.15. The van der Waals surface area contributed by atoms with Crippen LogP contribution in [0.1, 0.15) is 46.0 Å². The van der Waals surface area contributed by atoms with Gasteiger partial charge in [-0.05, 0) is 25.7 Å². The third-order valence-electron chi connectivity index (χ3n) is 3.37. The molecular weight excluding hydrogens is 202 g/mol. The number of hydrogen-bond acceptors (Lipinski definition) is 3. The van der Waals surface area contributed by atoms with Crippen LogP contribution in [0.2, 0.25) is 0 Å². The van der Waals surface area contributed by atoms with E-state index in [1.807, 2.05) is 18.5 Å². The fourth-order valence-corrected chi connectivity index (χ4v) is 2.13. The molecule has 2 rings (SSSR count). The maximum absolute atomic E-state index is 12.0. The minimum Gasteiger partial charge on any atom is -0.299 e. The standard InChI is InChI=1S/C12H19N3O/c1-8(2)15-11(13-7-14-15)5-10(16)9-6-12(9,3)4/h7-9H,5-6H2,1-4H3. The summed E-state index contributed by atoms with van der Waals surface area (Å²) in [5.41, 5.74) is 0.208. The summed E-state index contributed by atoms with van der Waals surface area (Å²) in [6, 6.07) is 0.262. The van der Waals surface area contributed by atoms with Crippen molar-refractivity contribution in [3.05, 3.63) is 12.2 Å². The van der Waals surface area contributed by atoms with E-state index < -0.39 is 0 Å². The molecule has 1 heterocycles. The van der Waals surface area contributed by atoms with Gasteiger partial charge in [0.1, 0.15) is 17.9 Å². The van der Waals surface area contributed by atoms with Crippen molar-refractivity contribution in [3.8, 4) is 0 Å². The van der Waals surface area contributed by atoms with E-state index in [1.165, 1.54) is 6.33 Å². The molecule has 0 spiro atoms. The van der Waals surface area contributed by atoms with E-state index >= 15 is 0 Å². The average Bonchev–Trinajstić information content (AvgIpc) is 2.61. The highest BCUT2D eigenvalue weighted by Gasteiger charge is 2.50. The predicted molar refractivity (Wildman–Crippen MR) is 61.0 cm³/mol. The zero-order valence-electron chi connectivity index (χ0n) is 10.4. The van der Waals surface area contributed by atoms with Crippen LogP contribution in [0.25, 0.3) is 0 Å². The van der Waals surface area contributed by atoms with Crippen LogP contribution in [-0.2, 0) is 11.2 Å². The Bertz CT molecular complexity index is 406. The van der Waals surface area contributed by atoms with Crippen molar-refractivity contribution in [1.29, 1.82) is 0 Å². The van der Waals surface area contributed by atoms with Crippen LogP contribution in [0.3, 0.4) is 0 Å². The molecule has 88 valence electrons. The van der Waals surface area contributed by atoms with E-state index in [9.17, 15) is 4.79 Å². The highest BCUT2D eigenvalue weighted by molar-refractivity contribution is 5.85. The Hall–Kier alpha value is -1.19. The van der Waals surface area contributed by atoms with Gasteiger partial charge in [-0.2, -0.15) is 5.10 Å². The molecule has 0 saturated heterocycles. The number of rotatable bonds is 4. The molecule has 0 radical (unpaired) electrons. The van der Waals surface area contributed by atoms with Gasteiger partial charge < -0.3 is 0 Å². The first-order valence-corrected chi connectivity index (χ1v) is 5.83. The lowest BCUT2D eigenvalue weighted by Gasteiger charge is -2.09. The number of ketones is 1. The molecule has 1 unspecified atom stereocenters. The van der Waals surface area contributed by atoms with Crippen molar-refractivity contribution in [2.75, 3.05) is 0 Å².